The Labute approximate surface area is 183 Å². The van der Waals surface area contributed by atoms with Gasteiger partial charge in [0.25, 0.3) is 0 Å². The van der Waals surface area contributed by atoms with E-state index in [-0.39, 0.29) is 18.7 Å². The number of anilines is 1. The van der Waals surface area contributed by atoms with E-state index in [1.807, 2.05) is 6.07 Å². The van der Waals surface area contributed by atoms with E-state index in [0.717, 1.165) is 11.1 Å². The maximum absolute atomic E-state index is 12.5. The molecule has 2 aromatic rings. The van der Waals surface area contributed by atoms with Crippen molar-refractivity contribution in [2.24, 2.45) is 0 Å². The van der Waals surface area contributed by atoms with Crippen LogP contribution in [0.2, 0.25) is 0 Å². The van der Waals surface area contributed by atoms with Gasteiger partial charge in [-0.05, 0) is 54.3 Å². The molecular formula is C22H23F3N4O3. The van der Waals surface area contributed by atoms with Gasteiger partial charge in [-0.25, -0.2) is 4.79 Å². The van der Waals surface area contributed by atoms with Crippen molar-refractivity contribution in [1.82, 2.24) is 14.8 Å². The second kappa shape index (κ2) is 9.05. The molecule has 1 aromatic heterocycles. The van der Waals surface area contributed by atoms with Crippen LogP contribution in [0.4, 0.5) is 23.7 Å². The first-order chi connectivity index (χ1) is 15.3. The van der Waals surface area contributed by atoms with Crippen molar-refractivity contribution in [3.8, 4) is 5.75 Å². The number of rotatable bonds is 4. The highest BCUT2D eigenvalue weighted by atomic mass is 19.4. The zero-order chi connectivity index (χ0) is 22.7. The van der Waals surface area contributed by atoms with Crippen molar-refractivity contribution >= 4 is 17.6 Å². The number of hydrogen-bond donors (Lipinski definition) is 1. The van der Waals surface area contributed by atoms with Crippen LogP contribution in [0.5, 0.6) is 5.75 Å². The summed E-state index contributed by atoms with van der Waals surface area (Å²) in [7, 11) is 0. The van der Waals surface area contributed by atoms with Gasteiger partial charge in [0.2, 0.25) is 5.91 Å². The summed E-state index contributed by atoms with van der Waals surface area (Å²) in [5.74, 6) is -0.401. The Morgan fingerprint density at radius 3 is 2.56 bits per heavy atom. The third-order valence-corrected chi connectivity index (χ3v) is 5.51. The molecule has 3 amide bonds. The standard InChI is InChI=1S/C22H23F3N4O3/c23-22(24,25)10-20(30)28-9-1-2-19(14-28)32-18-5-3-17(4-6-18)27-21(31)29-12-15-7-8-26-11-16(15)13-29/h3-8,11,19H,1-2,9-10,12-14H2,(H,27,31). The predicted molar refractivity (Wildman–Crippen MR) is 110 cm³/mol. The van der Waals surface area contributed by atoms with E-state index < -0.39 is 18.5 Å². The minimum atomic E-state index is -4.51. The first-order valence-corrected chi connectivity index (χ1v) is 10.4. The van der Waals surface area contributed by atoms with E-state index in [1.165, 1.54) is 4.90 Å². The lowest BCUT2D eigenvalue weighted by Crippen LogP contribution is -2.45. The molecule has 2 aliphatic rings. The van der Waals surface area contributed by atoms with E-state index in [9.17, 15) is 22.8 Å². The average molecular weight is 448 g/mol. The van der Waals surface area contributed by atoms with Crippen molar-refractivity contribution in [2.75, 3.05) is 18.4 Å². The predicted octanol–water partition coefficient (Wildman–Crippen LogP) is 3.95. The fourth-order valence-electron chi connectivity index (χ4n) is 3.92. The number of pyridine rings is 1. The van der Waals surface area contributed by atoms with E-state index >= 15 is 0 Å². The summed E-state index contributed by atoms with van der Waals surface area (Å²) >= 11 is 0. The van der Waals surface area contributed by atoms with Crippen LogP contribution in [0.3, 0.4) is 0 Å². The topological polar surface area (TPSA) is 74.8 Å². The maximum atomic E-state index is 12.5. The summed E-state index contributed by atoms with van der Waals surface area (Å²) < 4.78 is 43.3. The van der Waals surface area contributed by atoms with Gasteiger partial charge in [-0.3, -0.25) is 9.78 Å². The fraction of sp³-hybridized carbons (Fsp3) is 0.409. The van der Waals surface area contributed by atoms with Gasteiger partial charge < -0.3 is 19.9 Å². The number of aromatic nitrogens is 1. The highest BCUT2D eigenvalue weighted by molar-refractivity contribution is 5.89. The Hall–Kier alpha value is -3.30. The molecular weight excluding hydrogens is 425 g/mol. The number of hydrogen-bond acceptors (Lipinski definition) is 4. The zero-order valence-corrected chi connectivity index (χ0v) is 17.3. The first kappa shape index (κ1) is 21.9. The molecule has 1 aromatic carbocycles. The second-order valence-corrected chi connectivity index (χ2v) is 7.97. The quantitative estimate of drug-likeness (QED) is 0.769. The number of carbonyl (C=O) groups excluding carboxylic acids is 2. The number of amides is 3. The van der Waals surface area contributed by atoms with Gasteiger partial charge in [0.15, 0.2) is 0 Å². The fourth-order valence-corrected chi connectivity index (χ4v) is 3.92. The number of alkyl halides is 3. The number of likely N-dealkylation sites (tertiary alicyclic amines) is 1. The Balaban J connectivity index is 1.28. The van der Waals surface area contributed by atoms with Crippen molar-refractivity contribution < 1.29 is 27.5 Å². The van der Waals surface area contributed by atoms with Gasteiger partial charge in [-0.1, -0.05) is 0 Å². The van der Waals surface area contributed by atoms with Crippen LogP contribution in [0.25, 0.3) is 0 Å². The minimum absolute atomic E-state index is 0.123. The highest BCUT2D eigenvalue weighted by Crippen LogP contribution is 2.25. The van der Waals surface area contributed by atoms with Crippen molar-refractivity contribution in [1.29, 1.82) is 0 Å². The Morgan fingerprint density at radius 1 is 1.09 bits per heavy atom. The molecule has 7 nitrogen and oxygen atoms in total. The number of nitrogens with one attached hydrogen (secondary N) is 1. The summed E-state index contributed by atoms with van der Waals surface area (Å²) in [6.45, 7) is 1.45. The number of benzene rings is 1. The summed E-state index contributed by atoms with van der Waals surface area (Å²) in [4.78, 5) is 31.3. The molecule has 4 rings (SSSR count). The monoisotopic (exact) mass is 448 g/mol. The molecule has 2 aliphatic heterocycles. The van der Waals surface area contributed by atoms with E-state index in [1.54, 1.807) is 41.6 Å². The van der Waals surface area contributed by atoms with Gasteiger partial charge in [0.05, 0.1) is 6.54 Å². The molecule has 1 saturated heterocycles. The van der Waals surface area contributed by atoms with Crippen LogP contribution in [0.1, 0.15) is 30.4 Å². The summed E-state index contributed by atoms with van der Waals surface area (Å²) in [5.41, 5.74) is 2.71. The average Bonchev–Trinajstić information content (AvgIpc) is 3.19. The molecule has 0 bridgehead atoms. The number of ether oxygens (including phenoxy) is 1. The molecule has 0 spiro atoms. The van der Waals surface area contributed by atoms with E-state index in [4.69, 9.17) is 4.74 Å². The Kier molecular flexibility index (Phi) is 6.20. The van der Waals surface area contributed by atoms with E-state index in [0.29, 0.717) is 43.9 Å². The third kappa shape index (κ3) is 5.49. The lowest BCUT2D eigenvalue weighted by Gasteiger charge is -2.33. The third-order valence-electron chi connectivity index (χ3n) is 5.51. The second-order valence-electron chi connectivity index (χ2n) is 7.97. The smallest absolute Gasteiger partial charge is 0.397 e. The summed E-state index contributed by atoms with van der Waals surface area (Å²) in [6.07, 6.45) is -1.64. The molecule has 3 heterocycles. The molecule has 1 N–H and O–H groups in total. The van der Waals surface area contributed by atoms with Gasteiger partial charge >= 0.3 is 12.2 Å². The highest BCUT2D eigenvalue weighted by Gasteiger charge is 2.35. The SMILES string of the molecule is O=C(CC(F)(F)F)N1CCCC(Oc2ccc(NC(=O)N3Cc4ccncc4C3)cc2)C1. The van der Waals surface area contributed by atoms with Crippen LogP contribution in [0.15, 0.2) is 42.7 Å². The normalized spacial score (nSPS) is 18.3. The largest absolute Gasteiger partial charge is 0.489 e. The van der Waals surface area contributed by atoms with Crippen LogP contribution in [-0.4, -0.2) is 52.1 Å². The van der Waals surface area contributed by atoms with Crippen LogP contribution < -0.4 is 10.1 Å². The van der Waals surface area contributed by atoms with Crippen LogP contribution >= 0.6 is 0 Å². The molecule has 32 heavy (non-hydrogen) atoms. The molecule has 0 radical (unpaired) electrons. The lowest BCUT2D eigenvalue weighted by atomic mass is 10.1. The van der Waals surface area contributed by atoms with E-state index in [2.05, 4.69) is 10.3 Å². The number of piperidine rings is 1. The molecule has 0 aliphatic carbocycles. The molecule has 170 valence electrons. The number of urea groups is 1. The molecule has 0 saturated carbocycles. The van der Waals surface area contributed by atoms with Crippen molar-refractivity contribution in [3.63, 3.8) is 0 Å². The number of nitrogens with zero attached hydrogens (tertiary/aromatic N) is 3. The van der Waals surface area contributed by atoms with Crippen molar-refractivity contribution in [2.45, 2.75) is 44.6 Å². The molecule has 1 fully saturated rings. The lowest BCUT2D eigenvalue weighted by molar-refractivity contribution is -0.163. The first-order valence-electron chi connectivity index (χ1n) is 10.4. The van der Waals surface area contributed by atoms with Gasteiger partial charge in [0, 0.05) is 37.7 Å². The Bertz CT molecular complexity index is 956. The van der Waals surface area contributed by atoms with Crippen LogP contribution in [-0.2, 0) is 17.9 Å². The molecule has 1 unspecified atom stereocenters. The molecule has 10 heteroatoms. The van der Waals surface area contributed by atoms with Crippen molar-refractivity contribution in [3.05, 3.63) is 53.9 Å². The number of fused-ring (bicyclic) bond motifs is 1. The summed E-state index contributed by atoms with van der Waals surface area (Å²) in [5, 5.41) is 2.84. The van der Waals surface area contributed by atoms with Gasteiger partial charge in [0.1, 0.15) is 18.3 Å². The van der Waals surface area contributed by atoms with Gasteiger partial charge in [-0.2, -0.15) is 13.2 Å². The molecule has 1 atom stereocenters. The minimum Gasteiger partial charge on any atom is -0.489 e. The summed E-state index contributed by atoms with van der Waals surface area (Å²) in [6, 6.07) is 8.46. The zero-order valence-electron chi connectivity index (χ0n) is 17.3. The maximum Gasteiger partial charge on any atom is 0.397 e. The number of halogens is 3. The van der Waals surface area contributed by atoms with Crippen LogP contribution in [0, 0.1) is 0 Å². The number of carbonyl (C=O) groups is 2. The van der Waals surface area contributed by atoms with Gasteiger partial charge in [-0.15, -0.1) is 0 Å². The Morgan fingerprint density at radius 2 is 1.84 bits per heavy atom.